The molecule has 2 N–H and O–H groups in total. The molecule has 2 heterocycles. The summed E-state index contributed by atoms with van der Waals surface area (Å²) < 4.78 is 6.98. The first-order valence-corrected chi connectivity index (χ1v) is 6.00. The Balaban J connectivity index is 1.95. The number of aliphatic hydroxyl groups is 1. The van der Waals surface area contributed by atoms with Crippen molar-refractivity contribution in [1.29, 1.82) is 0 Å². The molecule has 0 bridgehead atoms. The van der Waals surface area contributed by atoms with E-state index in [9.17, 15) is 4.79 Å². The molecule has 0 unspecified atom stereocenters. The normalized spacial score (nSPS) is 10.9. The third-order valence-corrected chi connectivity index (χ3v) is 2.87. The van der Waals surface area contributed by atoms with Crippen LogP contribution in [0.15, 0.2) is 35.1 Å². The van der Waals surface area contributed by atoms with Gasteiger partial charge >= 0.3 is 5.69 Å². The second kappa shape index (κ2) is 4.78. The highest BCUT2D eigenvalue weighted by Gasteiger charge is 2.08. The number of hydrogen-bond donors (Lipinski definition) is 2. The van der Waals surface area contributed by atoms with Crippen molar-refractivity contribution in [1.82, 2.24) is 19.6 Å². The molecule has 3 rings (SSSR count). The van der Waals surface area contributed by atoms with E-state index in [0.717, 1.165) is 5.56 Å². The molecule has 0 fully saturated rings. The van der Waals surface area contributed by atoms with Gasteiger partial charge in [-0.3, -0.25) is 0 Å². The SMILES string of the molecule is Cc1nc(Oc2ccc(CO)cc2)cc2n[nH]c(=O)n12. The lowest BCUT2D eigenvalue weighted by atomic mass is 10.2. The molecular formula is C13H12N4O3. The molecule has 1 aromatic carbocycles. The highest BCUT2D eigenvalue weighted by molar-refractivity contribution is 5.42. The first-order chi connectivity index (χ1) is 9.67. The van der Waals surface area contributed by atoms with E-state index in [2.05, 4.69) is 15.2 Å². The van der Waals surface area contributed by atoms with Crippen LogP contribution in [0.1, 0.15) is 11.4 Å². The van der Waals surface area contributed by atoms with Crippen LogP contribution in [-0.4, -0.2) is 24.7 Å². The summed E-state index contributed by atoms with van der Waals surface area (Å²) in [6, 6.07) is 8.58. The van der Waals surface area contributed by atoms with Crippen LogP contribution in [0.5, 0.6) is 11.6 Å². The molecule has 0 aliphatic rings. The van der Waals surface area contributed by atoms with Gasteiger partial charge < -0.3 is 9.84 Å². The number of rotatable bonds is 3. The maximum Gasteiger partial charge on any atom is 0.349 e. The standard InChI is InChI=1S/C13H12N4O3/c1-8-14-12(6-11-15-16-13(19)17(8)11)20-10-4-2-9(7-18)3-5-10/h2-6,18H,7H2,1H3,(H,16,19). The number of aromatic amines is 1. The molecule has 0 amide bonds. The van der Waals surface area contributed by atoms with Gasteiger partial charge in [0.25, 0.3) is 0 Å². The molecule has 2 aromatic heterocycles. The molecule has 0 aliphatic carbocycles. The molecule has 0 radical (unpaired) electrons. The zero-order valence-corrected chi connectivity index (χ0v) is 10.7. The minimum atomic E-state index is -0.330. The zero-order valence-electron chi connectivity index (χ0n) is 10.7. The number of hydrogen-bond acceptors (Lipinski definition) is 5. The van der Waals surface area contributed by atoms with Crippen molar-refractivity contribution in [3.05, 3.63) is 52.2 Å². The second-order valence-corrected chi connectivity index (χ2v) is 4.27. The predicted octanol–water partition coefficient (Wildman–Crippen LogP) is 1.01. The van der Waals surface area contributed by atoms with E-state index in [-0.39, 0.29) is 12.3 Å². The van der Waals surface area contributed by atoms with Gasteiger partial charge in [-0.2, -0.15) is 10.1 Å². The average Bonchev–Trinajstić information content (AvgIpc) is 2.81. The van der Waals surface area contributed by atoms with Gasteiger partial charge in [0.05, 0.1) is 6.61 Å². The van der Waals surface area contributed by atoms with Crippen molar-refractivity contribution in [2.45, 2.75) is 13.5 Å². The summed E-state index contributed by atoms with van der Waals surface area (Å²) in [6.07, 6.45) is 0. The predicted molar refractivity (Wildman–Crippen MR) is 70.8 cm³/mol. The number of aliphatic hydroxyl groups excluding tert-OH is 1. The van der Waals surface area contributed by atoms with Gasteiger partial charge in [-0.25, -0.2) is 14.3 Å². The summed E-state index contributed by atoms with van der Waals surface area (Å²) in [7, 11) is 0. The summed E-state index contributed by atoms with van der Waals surface area (Å²) >= 11 is 0. The zero-order chi connectivity index (χ0) is 14.1. The Hall–Kier alpha value is -2.67. The fraction of sp³-hybridized carbons (Fsp3) is 0.154. The number of aromatic nitrogens is 4. The first kappa shape index (κ1) is 12.4. The van der Waals surface area contributed by atoms with Crippen LogP contribution in [0.25, 0.3) is 5.65 Å². The number of nitrogens with one attached hydrogen (secondary N) is 1. The fourth-order valence-electron chi connectivity index (χ4n) is 1.91. The Morgan fingerprint density at radius 2 is 2.10 bits per heavy atom. The number of aryl methyl sites for hydroxylation is 1. The summed E-state index contributed by atoms with van der Waals surface area (Å²) in [5.74, 6) is 1.44. The number of fused-ring (bicyclic) bond motifs is 1. The molecule has 102 valence electrons. The first-order valence-electron chi connectivity index (χ1n) is 6.00. The summed E-state index contributed by atoms with van der Waals surface area (Å²) in [5.41, 5.74) is 0.920. The van der Waals surface area contributed by atoms with Crippen molar-refractivity contribution in [2.24, 2.45) is 0 Å². The van der Waals surface area contributed by atoms with E-state index < -0.39 is 0 Å². The monoisotopic (exact) mass is 272 g/mol. The van der Waals surface area contributed by atoms with Crippen molar-refractivity contribution in [3.63, 3.8) is 0 Å². The molecule has 3 aromatic rings. The molecule has 0 saturated heterocycles. The number of nitrogens with zero attached hydrogens (tertiary/aromatic N) is 3. The third kappa shape index (κ3) is 2.14. The van der Waals surface area contributed by atoms with Crippen LogP contribution in [0.2, 0.25) is 0 Å². The second-order valence-electron chi connectivity index (χ2n) is 4.27. The fourth-order valence-corrected chi connectivity index (χ4v) is 1.91. The minimum absolute atomic E-state index is 0.0141. The van der Waals surface area contributed by atoms with Crippen LogP contribution in [0.4, 0.5) is 0 Å². The Morgan fingerprint density at radius 1 is 1.35 bits per heavy atom. The largest absolute Gasteiger partial charge is 0.439 e. The quantitative estimate of drug-likeness (QED) is 0.742. The molecular weight excluding hydrogens is 260 g/mol. The van der Waals surface area contributed by atoms with E-state index >= 15 is 0 Å². The summed E-state index contributed by atoms with van der Waals surface area (Å²) in [4.78, 5) is 15.7. The van der Waals surface area contributed by atoms with Crippen LogP contribution in [0.3, 0.4) is 0 Å². The van der Waals surface area contributed by atoms with Gasteiger partial charge in [0.1, 0.15) is 11.6 Å². The number of benzene rings is 1. The number of H-pyrrole nitrogens is 1. The Labute approximate surface area is 113 Å². The third-order valence-electron chi connectivity index (χ3n) is 2.87. The topological polar surface area (TPSA) is 92.5 Å². The van der Waals surface area contributed by atoms with Crippen molar-refractivity contribution in [2.75, 3.05) is 0 Å². The lowest BCUT2D eigenvalue weighted by Crippen LogP contribution is -2.13. The van der Waals surface area contributed by atoms with Gasteiger partial charge in [0, 0.05) is 6.07 Å². The van der Waals surface area contributed by atoms with E-state index in [0.29, 0.717) is 23.1 Å². The Bertz CT molecular complexity index is 805. The van der Waals surface area contributed by atoms with E-state index in [4.69, 9.17) is 9.84 Å². The molecule has 0 aliphatic heterocycles. The summed E-state index contributed by atoms with van der Waals surface area (Å²) in [6.45, 7) is 1.69. The van der Waals surface area contributed by atoms with E-state index in [1.54, 1.807) is 37.3 Å². The van der Waals surface area contributed by atoms with Crippen LogP contribution in [0, 0.1) is 6.92 Å². The maximum absolute atomic E-state index is 11.5. The lowest BCUT2D eigenvalue weighted by molar-refractivity contribution is 0.281. The van der Waals surface area contributed by atoms with Crippen LogP contribution in [-0.2, 0) is 6.61 Å². The van der Waals surface area contributed by atoms with Gasteiger partial charge in [-0.15, -0.1) is 0 Å². The molecule has 20 heavy (non-hydrogen) atoms. The maximum atomic E-state index is 11.5. The molecule has 0 spiro atoms. The van der Waals surface area contributed by atoms with E-state index in [1.165, 1.54) is 4.40 Å². The Kier molecular flexibility index (Phi) is 2.96. The van der Waals surface area contributed by atoms with Crippen molar-refractivity contribution < 1.29 is 9.84 Å². The van der Waals surface area contributed by atoms with Gasteiger partial charge in [0.15, 0.2) is 5.65 Å². The van der Waals surface area contributed by atoms with Crippen LogP contribution >= 0.6 is 0 Å². The van der Waals surface area contributed by atoms with Crippen molar-refractivity contribution in [3.8, 4) is 11.6 Å². The average molecular weight is 272 g/mol. The lowest BCUT2D eigenvalue weighted by Gasteiger charge is -2.06. The molecule has 7 heteroatoms. The van der Waals surface area contributed by atoms with Crippen LogP contribution < -0.4 is 10.4 Å². The van der Waals surface area contributed by atoms with E-state index in [1.807, 2.05) is 0 Å². The number of ether oxygens (including phenoxy) is 1. The van der Waals surface area contributed by atoms with Gasteiger partial charge in [-0.1, -0.05) is 12.1 Å². The molecule has 0 saturated carbocycles. The summed E-state index contributed by atoms with van der Waals surface area (Å²) in [5, 5.41) is 15.2. The van der Waals surface area contributed by atoms with Crippen molar-refractivity contribution >= 4 is 5.65 Å². The Morgan fingerprint density at radius 3 is 2.80 bits per heavy atom. The highest BCUT2D eigenvalue weighted by Crippen LogP contribution is 2.20. The highest BCUT2D eigenvalue weighted by atomic mass is 16.5. The molecule has 0 atom stereocenters. The van der Waals surface area contributed by atoms with Gasteiger partial charge in [-0.05, 0) is 24.6 Å². The minimum Gasteiger partial charge on any atom is -0.439 e. The smallest absolute Gasteiger partial charge is 0.349 e. The molecule has 7 nitrogen and oxygen atoms in total. The van der Waals surface area contributed by atoms with Gasteiger partial charge in [0.2, 0.25) is 5.88 Å².